The number of nitrogens with zero attached hydrogens (tertiary/aromatic N) is 3. The molecule has 0 radical (unpaired) electrons. The zero-order valence-corrected chi connectivity index (χ0v) is 16.6. The normalized spacial score (nSPS) is 25.7. The summed E-state index contributed by atoms with van der Waals surface area (Å²) >= 11 is 1.40. The number of hydrogen-bond donors (Lipinski definition) is 2. The van der Waals surface area contributed by atoms with Gasteiger partial charge in [-0.1, -0.05) is 11.8 Å². The number of carbonyl (C=O) groups excluding carboxylic acids is 1. The van der Waals surface area contributed by atoms with Gasteiger partial charge in [-0.15, -0.1) is 0 Å². The fourth-order valence-corrected chi connectivity index (χ4v) is 4.82. The second-order valence-electron chi connectivity index (χ2n) is 7.08. The quantitative estimate of drug-likeness (QED) is 0.762. The second-order valence-corrected chi connectivity index (χ2v) is 8.12. The number of ether oxygens (including phenoxy) is 1. The van der Waals surface area contributed by atoms with Gasteiger partial charge >= 0.3 is 0 Å². The third-order valence-electron chi connectivity index (χ3n) is 5.29. The lowest BCUT2D eigenvalue weighted by Crippen LogP contribution is -2.41. The molecule has 1 fully saturated rings. The van der Waals surface area contributed by atoms with Crippen LogP contribution in [0.4, 0.5) is 18.9 Å². The van der Waals surface area contributed by atoms with Gasteiger partial charge in [-0.05, 0) is 25.1 Å². The molecule has 1 aromatic heterocycles. The summed E-state index contributed by atoms with van der Waals surface area (Å²) in [5, 5.41) is 2.95. The summed E-state index contributed by atoms with van der Waals surface area (Å²) in [5.74, 6) is -0.588. The Kier molecular flexibility index (Phi) is 5.41. The summed E-state index contributed by atoms with van der Waals surface area (Å²) in [4.78, 5) is 24.2. The number of nitrogens with two attached hydrogens (primary N) is 1. The number of fused-ring (bicyclic) bond motifs is 1. The molecule has 3 heterocycles. The van der Waals surface area contributed by atoms with E-state index in [1.54, 1.807) is 0 Å². The summed E-state index contributed by atoms with van der Waals surface area (Å²) < 4.78 is 45.8. The molecular formula is C19H18F3N5O2S. The first kappa shape index (κ1) is 20.6. The number of alkyl halides is 2. The fourth-order valence-electron chi connectivity index (χ4n) is 3.70. The smallest absolute Gasteiger partial charge is 0.281 e. The van der Waals surface area contributed by atoms with E-state index in [4.69, 9.17) is 10.5 Å². The SMILES string of the molecule is CC1OCC2(c3cc(NC(=O)c4cnc(C(F)F)cn4)ccc3F)N=C(N)SCC12. The number of nitrogens with one attached hydrogen (secondary N) is 1. The van der Waals surface area contributed by atoms with Crippen LogP contribution in [-0.2, 0) is 10.3 Å². The standard InChI is InChI=1S/C19H18F3N5O2S/c1-9-12-7-30-18(23)27-19(12,8-29-9)11-4-10(2-3-13(11)20)26-17(28)15-6-24-14(5-25-15)16(21)22/h2-6,9,12,16H,7-8H2,1H3,(H2,23,27)(H,26,28). The molecule has 3 N–H and O–H groups in total. The van der Waals surface area contributed by atoms with Crippen molar-refractivity contribution in [1.82, 2.24) is 9.97 Å². The monoisotopic (exact) mass is 437 g/mol. The van der Waals surface area contributed by atoms with Gasteiger partial charge < -0.3 is 15.8 Å². The second kappa shape index (κ2) is 7.88. The maximum Gasteiger partial charge on any atom is 0.281 e. The van der Waals surface area contributed by atoms with Gasteiger partial charge in [0.1, 0.15) is 22.7 Å². The Morgan fingerprint density at radius 3 is 2.87 bits per heavy atom. The molecule has 0 spiro atoms. The van der Waals surface area contributed by atoms with Gasteiger partial charge in [-0.25, -0.2) is 23.1 Å². The first-order chi connectivity index (χ1) is 14.3. The van der Waals surface area contributed by atoms with Crippen LogP contribution in [0.15, 0.2) is 35.6 Å². The van der Waals surface area contributed by atoms with Gasteiger partial charge in [0.25, 0.3) is 12.3 Å². The summed E-state index contributed by atoms with van der Waals surface area (Å²) in [7, 11) is 0. The predicted molar refractivity (Wildman–Crippen MR) is 106 cm³/mol. The van der Waals surface area contributed by atoms with Crippen LogP contribution in [0.5, 0.6) is 0 Å². The van der Waals surface area contributed by atoms with Crippen LogP contribution < -0.4 is 11.1 Å². The van der Waals surface area contributed by atoms with Crippen LogP contribution in [0.1, 0.15) is 35.1 Å². The van der Waals surface area contributed by atoms with Gasteiger partial charge in [-0.3, -0.25) is 9.78 Å². The van der Waals surface area contributed by atoms with Crippen LogP contribution in [0.3, 0.4) is 0 Å². The predicted octanol–water partition coefficient (Wildman–Crippen LogP) is 3.10. The molecule has 2 aliphatic heterocycles. The molecule has 4 rings (SSSR count). The van der Waals surface area contributed by atoms with E-state index >= 15 is 0 Å². The number of rotatable bonds is 4. The minimum atomic E-state index is -2.78. The average molecular weight is 437 g/mol. The zero-order valence-electron chi connectivity index (χ0n) is 15.8. The molecule has 11 heteroatoms. The number of halogens is 3. The minimum absolute atomic E-state index is 0.0805. The lowest BCUT2D eigenvalue weighted by Gasteiger charge is -2.35. The van der Waals surface area contributed by atoms with Gasteiger partial charge in [0.15, 0.2) is 5.17 Å². The first-order valence-corrected chi connectivity index (χ1v) is 10.1. The third kappa shape index (κ3) is 3.63. The van der Waals surface area contributed by atoms with E-state index in [2.05, 4.69) is 20.3 Å². The van der Waals surface area contributed by atoms with Crippen molar-refractivity contribution in [3.05, 3.63) is 53.4 Å². The molecule has 158 valence electrons. The highest BCUT2D eigenvalue weighted by Gasteiger charge is 2.52. The molecule has 0 saturated carbocycles. The molecule has 3 unspecified atom stereocenters. The zero-order chi connectivity index (χ0) is 21.5. The fraction of sp³-hybridized carbons (Fsp3) is 0.368. The highest BCUT2D eigenvalue weighted by atomic mass is 32.2. The number of aliphatic imine (C=N–C) groups is 1. The Labute approximate surface area is 174 Å². The number of thioether (sulfide) groups is 1. The number of amides is 1. The van der Waals surface area contributed by atoms with Crippen LogP contribution in [0, 0.1) is 11.7 Å². The van der Waals surface area contributed by atoms with Gasteiger partial charge in [0, 0.05) is 22.9 Å². The number of hydrogen-bond acceptors (Lipinski definition) is 7. The molecule has 1 amide bonds. The lowest BCUT2D eigenvalue weighted by molar-refractivity contribution is 0.102. The van der Waals surface area contributed by atoms with Crippen molar-refractivity contribution >= 4 is 28.5 Å². The number of anilines is 1. The summed E-state index contributed by atoms with van der Waals surface area (Å²) in [6, 6.07) is 4.13. The highest BCUT2D eigenvalue weighted by molar-refractivity contribution is 8.13. The van der Waals surface area contributed by atoms with Crippen molar-refractivity contribution in [2.24, 2.45) is 16.6 Å². The Morgan fingerprint density at radius 1 is 1.37 bits per heavy atom. The Hall–Kier alpha value is -2.66. The third-order valence-corrected chi connectivity index (χ3v) is 6.20. The molecule has 1 saturated heterocycles. The van der Waals surface area contributed by atoms with Crippen molar-refractivity contribution < 1.29 is 22.7 Å². The molecule has 0 bridgehead atoms. The molecule has 30 heavy (non-hydrogen) atoms. The number of benzene rings is 1. The number of carbonyl (C=O) groups is 1. The Morgan fingerprint density at radius 2 is 2.17 bits per heavy atom. The van der Waals surface area contributed by atoms with Gasteiger partial charge in [0.2, 0.25) is 0 Å². The van der Waals surface area contributed by atoms with Crippen LogP contribution in [0.25, 0.3) is 0 Å². The summed E-state index contributed by atoms with van der Waals surface area (Å²) in [5.41, 5.74) is 4.87. The van der Waals surface area contributed by atoms with Crippen molar-refractivity contribution in [3.8, 4) is 0 Å². The van der Waals surface area contributed by atoms with Crippen LogP contribution in [-0.4, -0.2) is 39.5 Å². The highest BCUT2D eigenvalue weighted by Crippen LogP contribution is 2.48. The summed E-state index contributed by atoms with van der Waals surface area (Å²) in [6.45, 7) is 2.09. The topological polar surface area (TPSA) is 102 Å². The Bertz CT molecular complexity index is 1000. The van der Waals surface area contributed by atoms with E-state index < -0.39 is 29.4 Å². The number of aromatic nitrogens is 2. The van der Waals surface area contributed by atoms with Crippen molar-refractivity contribution in [3.63, 3.8) is 0 Å². The number of amidine groups is 1. The van der Waals surface area contributed by atoms with Crippen molar-refractivity contribution in [2.45, 2.75) is 25.0 Å². The van der Waals surface area contributed by atoms with Gasteiger partial charge in [-0.2, -0.15) is 0 Å². The molecule has 2 aliphatic rings. The molecule has 0 aliphatic carbocycles. The van der Waals surface area contributed by atoms with Crippen LogP contribution in [0.2, 0.25) is 0 Å². The van der Waals surface area contributed by atoms with E-state index in [0.29, 0.717) is 16.6 Å². The lowest BCUT2D eigenvalue weighted by atomic mass is 9.79. The van der Waals surface area contributed by atoms with E-state index in [-0.39, 0.29) is 29.9 Å². The van der Waals surface area contributed by atoms with E-state index in [1.807, 2.05) is 6.92 Å². The molecule has 3 atom stereocenters. The minimum Gasteiger partial charge on any atom is -0.379 e. The maximum atomic E-state index is 14.8. The van der Waals surface area contributed by atoms with Gasteiger partial charge in [0.05, 0.1) is 25.1 Å². The van der Waals surface area contributed by atoms with Crippen molar-refractivity contribution in [2.75, 3.05) is 17.7 Å². The van der Waals surface area contributed by atoms with E-state index in [0.717, 1.165) is 12.4 Å². The molecular weight excluding hydrogens is 419 g/mol. The maximum absolute atomic E-state index is 14.8. The van der Waals surface area contributed by atoms with E-state index in [1.165, 1.54) is 30.0 Å². The first-order valence-electron chi connectivity index (χ1n) is 9.11. The van der Waals surface area contributed by atoms with Crippen LogP contribution >= 0.6 is 11.8 Å². The molecule has 7 nitrogen and oxygen atoms in total. The molecule has 2 aromatic rings. The summed E-state index contributed by atoms with van der Waals surface area (Å²) in [6.07, 6.45) is -1.10. The molecule has 1 aromatic carbocycles. The van der Waals surface area contributed by atoms with Crippen molar-refractivity contribution in [1.29, 1.82) is 0 Å². The largest absolute Gasteiger partial charge is 0.379 e. The average Bonchev–Trinajstić information content (AvgIpc) is 3.06. The van der Waals surface area contributed by atoms with E-state index in [9.17, 15) is 18.0 Å². The Balaban J connectivity index is 1.64.